The van der Waals surface area contributed by atoms with Crippen molar-refractivity contribution < 1.29 is 9.84 Å². The summed E-state index contributed by atoms with van der Waals surface area (Å²) in [7, 11) is 1.75. The number of ether oxygens (including phenoxy) is 1. The summed E-state index contributed by atoms with van der Waals surface area (Å²) in [6, 6.07) is 0.728. The molecule has 0 amide bonds. The SMILES string of the molecule is COCCN(CC(O)C1CCCC1)C1CC1. The molecule has 1 atom stereocenters. The van der Waals surface area contributed by atoms with Crippen molar-refractivity contribution in [3.05, 3.63) is 0 Å². The Balaban J connectivity index is 1.74. The summed E-state index contributed by atoms with van der Waals surface area (Å²) in [6.07, 6.45) is 7.57. The summed E-state index contributed by atoms with van der Waals surface area (Å²) in [4.78, 5) is 2.42. The number of hydrogen-bond donors (Lipinski definition) is 1. The lowest BCUT2D eigenvalue weighted by Gasteiger charge is -2.27. The van der Waals surface area contributed by atoms with Crippen molar-refractivity contribution in [3.8, 4) is 0 Å². The van der Waals surface area contributed by atoms with Crippen LogP contribution in [0.5, 0.6) is 0 Å². The molecule has 0 radical (unpaired) electrons. The van der Waals surface area contributed by atoms with Gasteiger partial charge in [-0.25, -0.2) is 0 Å². The first-order valence-electron chi connectivity index (χ1n) is 6.72. The van der Waals surface area contributed by atoms with Crippen LogP contribution in [0.4, 0.5) is 0 Å². The average molecular weight is 227 g/mol. The fraction of sp³-hybridized carbons (Fsp3) is 1.00. The Morgan fingerprint density at radius 2 is 1.94 bits per heavy atom. The van der Waals surface area contributed by atoms with Crippen molar-refractivity contribution in [2.75, 3.05) is 26.8 Å². The van der Waals surface area contributed by atoms with E-state index in [4.69, 9.17) is 4.74 Å². The maximum Gasteiger partial charge on any atom is 0.0695 e. The third kappa shape index (κ3) is 3.44. The first kappa shape index (κ1) is 12.3. The summed E-state index contributed by atoms with van der Waals surface area (Å²) in [5.41, 5.74) is 0. The van der Waals surface area contributed by atoms with E-state index in [2.05, 4.69) is 4.90 Å². The van der Waals surface area contributed by atoms with Gasteiger partial charge in [-0.15, -0.1) is 0 Å². The number of aliphatic hydroxyl groups excluding tert-OH is 1. The zero-order valence-electron chi connectivity index (χ0n) is 10.4. The van der Waals surface area contributed by atoms with Gasteiger partial charge >= 0.3 is 0 Å². The predicted molar refractivity (Wildman–Crippen MR) is 64.4 cm³/mol. The Kier molecular flexibility index (Phi) is 4.62. The number of rotatable bonds is 7. The molecule has 2 fully saturated rings. The highest BCUT2D eigenvalue weighted by Crippen LogP contribution is 2.31. The molecule has 16 heavy (non-hydrogen) atoms. The summed E-state index contributed by atoms with van der Waals surface area (Å²) in [5.74, 6) is 0.559. The topological polar surface area (TPSA) is 32.7 Å². The van der Waals surface area contributed by atoms with Gasteiger partial charge < -0.3 is 9.84 Å². The standard InChI is InChI=1S/C13H25NO2/c1-16-9-8-14(12-6-7-12)10-13(15)11-4-2-3-5-11/h11-13,15H,2-10H2,1H3. The average Bonchev–Trinajstić information content (AvgIpc) is 2.98. The molecule has 1 unspecified atom stereocenters. The Hall–Kier alpha value is -0.120. The van der Waals surface area contributed by atoms with Gasteiger partial charge in [-0.1, -0.05) is 12.8 Å². The van der Waals surface area contributed by atoms with Crippen LogP contribution in [0.3, 0.4) is 0 Å². The molecule has 2 aliphatic rings. The molecule has 0 aromatic carbocycles. The van der Waals surface area contributed by atoms with Gasteiger partial charge in [0.15, 0.2) is 0 Å². The number of hydrogen-bond acceptors (Lipinski definition) is 3. The largest absolute Gasteiger partial charge is 0.392 e. The van der Waals surface area contributed by atoms with Crippen LogP contribution in [0.25, 0.3) is 0 Å². The Labute approximate surface area is 98.8 Å². The van der Waals surface area contributed by atoms with Crippen molar-refractivity contribution in [1.82, 2.24) is 4.90 Å². The smallest absolute Gasteiger partial charge is 0.0695 e. The van der Waals surface area contributed by atoms with E-state index in [1.807, 2.05) is 0 Å². The first-order chi connectivity index (χ1) is 7.81. The van der Waals surface area contributed by atoms with E-state index >= 15 is 0 Å². The van der Waals surface area contributed by atoms with Crippen LogP contribution in [0.1, 0.15) is 38.5 Å². The third-order valence-corrected chi connectivity index (χ3v) is 4.01. The highest BCUT2D eigenvalue weighted by atomic mass is 16.5. The lowest BCUT2D eigenvalue weighted by molar-refractivity contribution is 0.0506. The molecule has 0 aromatic heterocycles. The van der Waals surface area contributed by atoms with Crippen molar-refractivity contribution in [2.45, 2.75) is 50.7 Å². The van der Waals surface area contributed by atoms with Gasteiger partial charge in [0.25, 0.3) is 0 Å². The minimum atomic E-state index is -0.111. The lowest BCUT2D eigenvalue weighted by Crippen LogP contribution is -2.39. The van der Waals surface area contributed by atoms with E-state index in [0.717, 1.165) is 25.7 Å². The molecule has 0 bridgehead atoms. The molecule has 3 nitrogen and oxygen atoms in total. The maximum atomic E-state index is 10.2. The van der Waals surface area contributed by atoms with Crippen molar-refractivity contribution in [1.29, 1.82) is 0 Å². The molecule has 0 aromatic rings. The first-order valence-corrected chi connectivity index (χ1v) is 6.72. The van der Waals surface area contributed by atoms with Crippen molar-refractivity contribution >= 4 is 0 Å². The van der Waals surface area contributed by atoms with Crippen molar-refractivity contribution in [3.63, 3.8) is 0 Å². The number of aliphatic hydroxyl groups is 1. The monoisotopic (exact) mass is 227 g/mol. The summed E-state index contributed by atoms with van der Waals surface area (Å²) in [5, 5.41) is 10.2. The Morgan fingerprint density at radius 3 is 2.50 bits per heavy atom. The second kappa shape index (κ2) is 5.99. The van der Waals surface area contributed by atoms with Crippen molar-refractivity contribution in [2.24, 2.45) is 5.92 Å². The molecule has 2 saturated carbocycles. The zero-order chi connectivity index (χ0) is 11.4. The van der Waals surface area contributed by atoms with Gasteiger partial charge in [-0.3, -0.25) is 4.90 Å². The molecule has 0 spiro atoms. The van der Waals surface area contributed by atoms with Crippen LogP contribution >= 0.6 is 0 Å². The molecular formula is C13H25NO2. The molecule has 94 valence electrons. The molecule has 2 rings (SSSR count). The summed E-state index contributed by atoms with van der Waals surface area (Å²) in [6.45, 7) is 2.62. The summed E-state index contributed by atoms with van der Waals surface area (Å²) >= 11 is 0. The minimum Gasteiger partial charge on any atom is -0.392 e. The van der Waals surface area contributed by atoms with E-state index in [0.29, 0.717) is 5.92 Å². The number of methoxy groups -OCH3 is 1. The van der Waals surface area contributed by atoms with Crippen LogP contribution in [-0.4, -0.2) is 49.0 Å². The van der Waals surface area contributed by atoms with E-state index in [1.165, 1.54) is 38.5 Å². The van der Waals surface area contributed by atoms with Gasteiger partial charge in [0.1, 0.15) is 0 Å². The van der Waals surface area contributed by atoms with Crippen LogP contribution < -0.4 is 0 Å². The molecule has 0 saturated heterocycles. The van der Waals surface area contributed by atoms with E-state index in [-0.39, 0.29) is 6.10 Å². The normalized spacial score (nSPS) is 24.2. The lowest BCUT2D eigenvalue weighted by atomic mass is 10.0. The van der Waals surface area contributed by atoms with Gasteiger partial charge in [0.2, 0.25) is 0 Å². The van der Waals surface area contributed by atoms with E-state index < -0.39 is 0 Å². The second-order valence-electron chi connectivity index (χ2n) is 5.33. The van der Waals surface area contributed by atoms with E-state index in [1.54, 1.807) is 7.11 Å². The Morgan fingerprint density at radius 1 is 1.25 bits per heavy atom. The maximum absolute atomic E-state index is 10.2. The van der Waals surface area contributed by atoms with Crippen LogP contribution in [0.2, 0.25) is 0 Å². The molecule has 1 N–H and O–H groups in total. The molecule has 0 heterocycles. The van der Waals surface area contributed by atoms with Gasteiger partial charge in [-0.2, -0.15) is 0 Å². The number of nitrogens with zero attached hydrogens (tertiary/aromatic N) is 1. The molecule has 0 aliphatic heterocycles. The minimum absolute atomic E-state index is 0.111. The summed E-state index contributed by atoms with van der Waals surface area (Å²) < 4.78 is 5.13. The van der Waals surface area contributed by atoms with Crippen LogP contribution in [0, 0.1) is 5.92 Å². The van der Waals surface area contributed by atoms with Gasteiger partial charge in [0.05, 0.1) is 12.7 Å². The van der Waals surface area contributed by atoms with Crippen LogP contribution in [0.15, 0.2) is 0 Å². The third-order valence-electron chi connectivity index (χ3n) is 4.01. The van der Waals surface area contributed by atoms with Gasteiger partial charge in [0, 0.05) is 26.2 Å². The molecule has 2 aliphatic carbocycles. The van der Waals surface area contributed by atoms with Crippen LogP contribution in [-0.2, 0) is 4.74 Å². The fourth-order valence-electron chi connectivity index (χ4n) is 2.80. The predicted octanol–water partition coefficient (Wildman–Crippen LogP) is 1.65. The highest BCUT2D eigenvalue weighted by molar-refractivity contribution is 4.87. The fourth-order valence-corrected chi connectivity index (χ4v) is 2.80. The molecular weight excluding hydrogens is 202 g/mol. The Bertz CT molecular complexity index is 200. The zero-order valence-corrected chi connectivity index (χ0v) is 10.4. The molecule has 3 heteroatoms. The second-order valence-corrected chi connectivity index (χ2v) is 5.33. The quantitative estimate of drug-likeness (QED) is 0.718. The highest BCUT2D eigenvalue weighted by Gasteiger charge is 2.32. The van der Waals surface area contributed by atoms with E-state index in [9.17, 15) is 5.11 Å². The van der Waals surface area contributed by atoms with Gasteiger partial charge in [-0.05, 0) is 31.6 Å².